The number of piperidine rings is 1. The molecule has 0 aliphatic carbocycles. The quantitative estimate of drug-likeness (QED) is 0.635. The lowest BCUT2D eigenvalue weighted by atomic mass is 10.1. The summed E-state index contributed by atoms with van der Waals surface area (Å²) in [6.45, 7) is 8.85. The summed E-state index contributed by atoms with van der Waals surface area (Å²) in [5, 5.41) is 2.98. The number of anilines is 2. The molecule has 0 saturated carbocycles. The van der Waals surface area contributed by atoms with Crippen molar-refractivity contribution in [2.45, 2.75) is 58.5 Å². The molecule has 2 atom stereocenters. The van der Waals surface area contributed by atoms with Gasteiger partial charge < -0.3 is 24.3 Å². The maximum absolute atomic E-state index is 13.7. The molecule has 1 unspecified atom stereocenters. The van der Waals surface area contributed by atoms with E-state index in [1.165, 1.54) is 10.8 Å². The summed E-state index contributed by atoms with van der Waals surface area (Å²) < 4.78 is 13.3. The Balaban J connectivity index is 1.70. The number of nitrogens with zero attached hydrogens (tertiary/aromatic N) is 5. The van der Waals surface area contributed by atoms with Crippen LogP contribution >= 0.6 is 0 Å². The van der Waals surface area contributed by atoms with Crippen LogP contribution in [0.3, 0.4) is 0 Å². The highest BCUT2D eigenvalue weighted by Crippen LogP contribution is 2.37. The van der Waals surface area contributed by atoms with E-state index in [9.17, 15) is 14.4 Å². The first kappa shape index (κ1) is 25.4. The molecule has 194 valence electrons. The second kappa shape index (κ2) is 9.78. The minimum atomic E-state index is -0.583. The van der Waals surface area contributed by atoms with Gasteiger partial charge in [-0.05, 0) is 46.6 Å². The molecule has 2 aromatic rings. The summed E-state index contributed by atoms with van der Waals surface area (Å²) in [4.78, 5) is 45.4. The largest absolute Gasteiger partial charge is 0.448 e. The number of amides is 1. The molecule has 11 nitrogen and oxygen atoms in total. The van der Waals surface area contributed by atoms with Crippen molar-refractivity contribution in [3.63, 3.8) is 0 Å². The van der Waals surface area contributed by atoms with Gasteiger partial charge in [-0.25, -0.2) is 9.59 Å². The molecular formula is C25H34N6O5. The molecule has 2 aliphatic rings. The third kappa shape index (κ3) is 4.73. The van der Waals surface area contributed by atoms with E-state index in [0.29, 0.717) is 24.6 Å². The first-order chi connectivity index (χ1) is 17.0. The molecule has 1 amide bonds. The van der Waals surface area contributed by atoms with Crippen molar-refractivity contribution in [1.82, 2.24) is 19.4 Å². The lowest BCUT2D eigenvalue weighted by molar-refractivity contribution is 0.0456. The Kier molecular flexibility index (Phi) is 6.91. The van der Waals surface area contributed by atoms with Gasteiger partial charge in [0.1, 0.15) is 17.1 Å². The maximum atomic E-state index is 13.7. The number of hydrogen-bond donors (Lipinski definition) is 1. The van der Waals surface area contributed by atoms with Crippen molar-refractivity contribution in [2.75, 3.05) is 36.5 Å². The average molecular weight is 499 g/mol. The van der Waals surface area contributed by atoms with E-state index < -0.39 is 22.9 Å². The Morgan fingerprint density at radius 2 is 2.03 bits per heavy atom. The predicted molar refractivity (Wildman–Crippen MR) is 136 cm³/mol. The van der Waals surface area contributed by atoms with Gasteiger partial charge >= 0.3 is 11.8 Å². The summed E-state index contributed by atoms with van der Waals surface area (Å²) in [5.41, 5.74) is -1.16. The van der Waals surface area contributed by atoms with Gasteiger partial charge in [0.05, 0.1) is 12.8 Å². The highest BCUT2D eigenvalue weighted by Gasteiger charge is 2.43. The molecule has 36 heavy (non-hydrogen) atoms. The summed E-state index contributed by atoms with van der Waals surface area (Å²) in [6.07, 6.45) is 2.28. The zero-order valence-corrected chi connectivity index (χ0v) is 21.7. The van der Waals surface area contributed by atoms with Gasteiger partial charge in [-0.1, -0.05) is 5.92 Å². The van der Waals surface area contributed by atoms with Crippen LogP contribution in [0.25, 0.3) is 5.88 Å². The van der Waals surface area contributed by atoms with Gasteiger partial charge in [0.15, 0.2) is 6.29 Å². The third-order valence-corrected chi connectivity index (χ3v) is 6.31. The first-order valence-corrected chi connectivity index (χ1v) is 12.1. The number of carbonyl (C=O) groups excluding carboxylic acids is 1. The molecule has 0 aromatic carbocycles. The Morgan fingerprint density at radius 3 is 2.67 bits per heavy atom. The predicted octanol–water partition coefficient (Wildman–Crippen LogP) is 1.68. The van der Waals surface area contributed by atoms with Crippen molar-refractivity contribution < 1.29 is 13.9 Å². The van der Waals surface area contributed by atoms with Crippen molar-refractivity contribution in [2.24, 2.45) is 7.05 Å². The average Bonchev–Trinajstić information content (AvgIpc) is 3.41. The molecule has 0 radical (unpaired) electrons. The third-order valence-electron chi connectivity index (χ3n) is 6.31. The number of hydrogen-bond acceptors (Lipinski definition) is 8. The van der Waals surface area contributed by atoms with E-state index in [1.807, 2.05) is 37.6 Å². The number of alkyl carbamates (subject to hydrolysis) is 1. The van der Waals surface area contributed by atoms with Crippen molar-refractivity contribution >= 4 is 17.6 Å². The van der Waals surface area contributed by atoms with Crippen LogP contribution in [0, 0.1) is 11.8 Å². The van der Waals surface area contributed by atoms with Crippen LogP contribution in [0.4, 0.5) is 16.3 Å². The van der Waals surface area contributed by atoms with Crippen LogP contribution in [0.1, 0.15) is 40.5 Å². The minimum absolute atomic E-state index is 0.117. The molecular weight excluding hydrogens is 464 g/mol. The van der Waals surface area contributed by atoms with E-state index in [4.69, 9.17) is 9.15 Å². The number of furan rings is 1. The molecule has 2 aliphatic heterocycles. The number of aromatic nitrogens is 2. The van der Waals surface area contributed by atoms with Crippen LogP contribution in [0.5, 0.6) is 0 Å². The zero-order valence-electron chi connectivity index (χ0n) is 21.7. The molecule has 0 spiro atoms. The SMILES string of the molecule is CC#CCN1c2c(n(C)c(=O)n(-c3ccco3)c2=O)N(C)C1N1CCC[C@@H](NC(=O)OC(C)(C)C)C1. The smallest absolute Gasteiger partial charge is 0.407 e. The van der Waals surface area contributed by atoms with Gasteiger partial charge in [0.25, 0.3) is 5.56 Å². The van der Waals surface area contributed by atoms with Crippen molar-refractivity contribution in [1.29, 1.82) is 0 Å². The van der Waals surface area contributed by atoms with Crippen LogP contribution in [0.2, 0.25) is 0 Å². The zero-order chi connectivity index (χ0) is 26.2. The molecule has 2 aromatic heterocycles. The lowest BCUT2D eigenvalue weighted by Gasteiger charge is -2.42. The molecule has 11 heteroatoms. The normalized spacial score (nSPS) is 20.1. The highest BCUT2D eigenvalue weighted by atomic mass is 16.6. The Hall–Kier alpha value is -3.65. The van der Waals surface area contributed by atoms with Gasteiger partial charge in [0.2, 0.25) is 5.88 Å². The maximum Gasteiger partial charge on any atom is 0.407 e. The van der Waals surface area contributed by atoms with E-state index in [2.05, 4.69) is 22.1 Å². The summed E-state index contributed by atoms with van der Waals surface area (Å²) in [7, 11) is 3.51. The second-order valence-electron chi connectivity index (χ2n) is 10.1. The highest BCUT2D eigenvalue weighted by molar-refractivity contribution is 5.74. The standard InChI is InChI=1S/C25H34N6O5/c1-7-8-14-30-19-20(28(6)24(34)31(21(19)32)18-12-10-15-35-18)27(5)23(30)29-13-9-11-17(16-29)26-22(33)36-25(2,3)4/h10,12,15,17,23H,9,11,13-14,16H2,1-6H3,(H,26,33)/t17-,23?/m1/s1. The van der Waals surface area contributed by atoms with Gasteiger partial charge in [-0.3, -0.25) is 14.3 Å². The minimum Gasteiger partial charge on any atom is -0.448 e. The number of carbonyl (C=O) groups is 1. The topological polar surface area (TPSA) is 105 Å². The summed E-state index contributed by atoms with van der Waals surface area (Å²) >= 11 is 0. The molecule has 1 N–H and O–H groups in total. The molecule has 1 fully saturated rings. The number of nitrogens with one attached hydrogen (secondary N) is 1. The van der Waals surface area contributed by atoms with Crippen molar-refractivity contribution in [3.05, 3.63) is 39.2 Å². The fourth-order valence-corrected chi connectivity index (χ4v) is 4.94. The van der Waals surface area contributed by atoms with Gasteiger partial charge in [0, 0.05) is 39.3 Å². The number of fused-ring (bicyclic) bond motifs is 1. The van der Waals surface area contributed by atoms with Crippen LogP contribution in [-0.4, -0.2) is 64.7 Å². The monoisotopic (exact) mass is 498 g/mol. The Morgan fingerprint density at radius 1 is 1.28 bits per heavy atom. The summed E-state index contributed by atoms with van der Waals surface area (Å²) in [6, 6.07) is 3.10. The number of ether oxygens (including phenoxy) is 1. The lowest BCUT2D eigenvalue weighted by Crippen LogP contribution is -2.60. The summed E-state index contributed by atoms with van der Waals surface area (Å²) in [5.74, 6) is 6.66. The van der Waals surface area contributed by atoms with E-state index in [0.717, 1.165) is 24.0 Å². The van der Waals surface area contributed by atoms with E-state index in [-0.39, 0.29) is 18.2 Å². The fraction of sp³-hybridized carbons (Fsp3) is 0.560. The van der Waals surface area contributed by atoms with E-state index in [1.54, 1.807) is 26.1 Å². The Bertz CT molecular complexity index is 1290. The first-order valence-electron chi connectivity index (χ1n) is 12.1. The fourth-order valence-electron chi connectivity index (χ4n) is 4.94. The van der Waals surface area contributed by atoms with Crippen molar-refractivity contribution in [3.8, 4) is 17.7 Å². The number of rotatable bonds is 4. The number of likely N-dealkylation sites (tertiary alicyclic amines) is 1. The second-order valence-corrected chi connectivity index (χ2v) is 10.1. The van der Waals surface area contributed by atoms with Gasteiger partial charge in [-0.15, -0.1) is 5.92 Å². The van der Waals surface area contributed by atoms with Crippen LogP contribution < -0.4 is 26.4 Å². The Labute approximate surface area is 210 Å². The molecule has 0 bridgehead atoms. The van der Waals surface area contributed by atoms with Crippen LogP contribution in [0.15, 0.2) is 32.4 Å². The molecule has 1 saturated heterocycles. The molecule has 4 heterocycles. The molecule has 4 rings (SSSR count). The van der Waals surface area contributed by atoms with Crippen LogP contribution in [-0.2, 0) is 11.8 Å². The van der Waals surface area contributed by atoms with Gasteiger partial charge in [-0.2, -0.15) is 4.57 Å². The van der Waals surface area contributed by atoms with E-state index >= 15 is 0 Å².